The lowest BCUT2D eigenvalue weighted by Gasteiger charge is -2.06. The molecule has 0 saturated carbocycles. The summed E-state index contributed by atoms with van der Waals surface area (Å²) in [6.45, 7) is -0.00844. The summed E-state index contributed by atoms with van der Waals surface area (Å²) >= 11 is 0. The Morgan fingerprint density at radius 2 is 1.76 bits per heavy atom. The molecule has 4 nitrogen and oxygen atoms in total. The summed E-state index contributed by atoms with van der Waals surface area (Å²) in [4.78, 5) is 17.1. The molecule has 0 saturated heterocycles. The first-order valence-corrected chi connectivity index (χ1v) is 8.04. The number of carbonyl (C=O) groups is 1. The van der Waals surface area contributed by atoms with Gasteiger partial charge in [-0.1, -0.05) is 54.6 Å². The van der Waals surface area contributed by atoms with Crippen LogP contribution in [0, 0.1) is 0 Å². The molecule has 0 unspecified atom stereocenters. The molecule has 0 amide bonds. The minimum absolute atomic E-state index is 0.00844. The monoisotopic (exact) mass is 328 g/mol. The van der Waals surface area contributed by atoms with Gasteiger partial charge in [-0.25, -0.2) is 4.98 Å². The third-order valence-corrected chi connectivity index (χ3v) is 4.17. The second-order valence-electron chi connectivity index (χ2n) is 5.82. The van der Waals surface area contributed by atoms with Gasteiger partial charge in [0.2, 0.25) is 5.78 Å². The maximum atomic E-state index is 12.7. The molecule has 122 valence electrons. The minimum Gasteiger partial charge on any atom is -0.392 e. The molecule has 0 aliphatic rings. The van der Waals surface area contributed by atoms with Gasteiger partial charge >= 0.3 is 0 Å². The van der Waals surface area contributed by atoms with E-state index in [0.29, 0.717) is 16.9 Å². The number of imidazole rings is 1. The van der Waals surface area contributed by atoms with E-state index in [-0.39, 0.29) is 12.4 Å². The van der Waals surface area contributed by atoms with E-state index in [2.05, 4.69) is 4.98 Å². The van der Waals surface area contributed by atoms with Crippen molar-refractivity contribution in [3.05, 3.63) is 95.8 Å². The van der Waals surface area contributed by atoms with E-state index in [1.165, 1.54) is 0 Å². The summed E-state index contributed by atoms with van der Waals surface area (Å²) in [5.74, 6) is -0.0978. The summed E-state index contributed by atoms with van der Waals surface area (Å²) in [6.07, 6.45) is 1.77. The number of fused-ring (bicyclic) bond motifs is 1. The maximum Gasteiger partial charge on any atom is 0.212 e. The molecule has 0 atom stereocenters. The van der Waals surface area contributed by atoms with Crippen LogP contribution < -0.4 is 0 Å². The van der Waals surface area contributed by atoms with Crippen molar-refractivity contribution >= 4 is 11.4 Å². The number of hydrogen-bond acceptors (Lipinski definition) is 3. The van der Waals surface area contributed by atoms with Crippen LogP contribution in [0.25, 0.3) is 16.9 Å². The quantitative estimate of drug-likeness (QED) is 0.581. The molecular formula is C21H16N2O2. The molecule has 0 aliphatic heterocycles. The molecule has 2 aromatic heterocycles. The maximum absolute atomic E-state index is 12.7. The van der Waals surface area contributed by atoms with Gasteiger partial charge in [0.05, 0.1) is 12.3 Å². The first kappa shape index (κ1) is 15.3. The van der Waals surface area contributed by atoms with Crippen LogP contribution >= 0.6 is 0 Å². The Hall–Kier alpha value is -3.24. The van der Waals surface area contributed by atoms with Gasteiger partial charge in [-0.2, -0.15) is 0 Å². The number of hydrogen-bond donors (Lipinski definition) is 1. The molecule has 1 N–H and O–H groups in total. The number of aliphatic hydroxyl groups is 1. The van der Waals surface area contributed by atoms with Gasteiger partial charge in [-0.15, -0.1) is 0 Å². The van der Waals surface area contributed by atoms with Crippen LogP contribution in [-0.2, 0) is 6.61 Å². The van der Waals surface area contributed by atoms with Crippen molar-refractivity contribution in [3.8, 4) is 11.3 Å². The average Bonchev–Trinajstić information content (AvgIpc) is 3.12. The van der Waals surface area contributed by atoms with E-state index in [1.807, 2.05) is 65.1 Å². The highest BCUT2D eigenvalue weighted by atomic mass is 16.3. The molecule has 0 radical (unpaired) electrons. The first-order chi connectivity index (χ1) is 12.3. The Bertz CT molecular complexity index is 1050. The topological polar surface area (TPSA) is 54.6 Å². The summed E-state index contributed by atoms with van der Waals surface area (Å²) in [5, 5.41) is 9.36. The molecular weight excluding hydrogens is 312 g/mol. The van der Waals surface area contributed by atoms with Crippen LogP contribution in [0.1, 0.15) is 21.6 Å². The van der Waals surface area contributed by atoms with Crippen molar-refractivity contribution in [2.24, 2.45) is 0 Å². The fraction of sp³-hybridized carbons (Fsp3) is 0.0476. The zero-order chi connectivity index (χ0) is 17.2. The number of nitrogens with zero attached hydrogens (tertiary/aromatic N) is 2. The van der Waals surface area contributed by atoms with Crippen molar-refractivity contribution in [1.29, 1.82) is 0 Å². The van der Waals surface area contributed by atoms with Crippen LogP contribution in [0.4, 0.5) is 0 Å². The number of ketones is 1. The normalized spacial score (nSPS) is 10.9. The van der Waals surface area contributed by atoms with Gasteiger partial charge in [0, 0.05) is 11.8 Å². The fourth-order valence-electron chi connectivity index (χ4n) is 2.92. The highest BCUT2D eigenvalue weighted by Gasteiger charge is 2.14. The first-order valence-electron chi connectivity index (χ1n) is 8.04. The second kappa shape index (κ2) is 6.34. The van der Waals surface area contributed by atoms with Crippen molar-refractivity contribution in [1.82, 2.24) is 9.38 Å². The molecule has 4 aromatic rings. The Morgan fingerprint density at radius 1 is 0.960 bits per heavy atom. The van der Waals surface area contributed by atoms with Crippen molar-refractivity contribution < 1.29 is 9.90 Å². The fourth-order valence-corrected chi connectivity index (χ4v) is 2.92. The second-order valence-corrected chi connectivity index (χ2v) is 5.82. The standard InChI is InChI=1S/C21H16N2O2/c24-14-15-6-4-9-17(12-15)19-10-5-11-20-22-18(13-23(19)20)21(25)16-7-2-1-3-8-16/h1-13,24H,14H2. The van der Waals surface area contributed by atoms with Crippen LogP contribution in [0.2, 0.25) is 0 Å². The molecule has 4 rings (SSSR count). The Morgan fingerprint density at radius 3 is 2.56 bits per heavy atom. The SMILES string of the molecule is O=C(c1ccccc1)c1cn2c(-c3cccc(CO)c3)cccc2n1. The number of pyridine rings is 1. The van der Waals surface area contributed by atoms with Gasteiger partial charge < -0.3 is 5.11 Å². The lowest BCUT2D eigenvalue weighted by Crippen LogP contribution is -2.00. The smallest absolute Gasteiger partial charge is 0.212 e. The van der Waals surface area contributed by atoms with E-state index in [4.69, 9.17) is 0 Å². The van der Waals surface area contributed by atoms with Gasteiger partial charge in [-0.3, -0.25) is 9.20 Å². The number of carbonyl (C=O) groups excluding carboxylic acids is 1. The average molecular weight is 328 g/mol. The summed E-state index contributed by atoms with van der Waals surface area (Å²) < 4.78 is 1.91. The van der Waals surface area contributed by atoms with E-state index >= 15 is 0 Å². The highest BCUT2D eigenvalue weighted by Crippen LogP contribution is 2.23. The van der Waals surface area contributed by atoms with E-state index in [1.54, 1.807) is 18.3 Å². The molecule has 2 heterocycles. The predicted octanol–water partition coefficient (Wildman–Crippen LogP) is 3.72. The molecule has 0 fully saturated rings. The minimum atomic E-state index is -0.0978. The highest BCUT2D eigenvalue weighted by molar-refractivity contribution is 6.08. The Kier molecular flexibility index (Phi) is 3.88. The summed E-state index contributed by atoms with van der Waals surface area (Å²) in [5.41, 5.74) is 4.48. The van der Waals surface area contributed by atoms with Crippen LogP contribution in [0.15, 0.2) is 79.0 Å². The number of rotatable bonds is 4. The van der Waals surface area contributed by atoms with Gasteiger partial charge in [0.15, 0.2) is 0 Å². The van der Waals surface area contributed by atoms with E-state index in [0.717, 1.165) is 16.8 Å². The molecule has 2 aromatic carbocycles. The van der Waals surface area contributed by atoms with Gasteiger partial charge in [-0.05, 0) is 29.3 Å². The molecule has 0 bridgehead atoms. The number of aliphatic hydroxyl groups excluding tert-OH is 1. The zero-order valence-electron chi connectivity index (χ0n) is 13.5. The van der Waals surface area contributed by atoms with Crippen molar-refractivity contribution in [2.45, 2.75) is 6.61 Å². The number of benzene rings is 2. The molecule has 25 heavy (non-hydrogen) atoms. The van der Waals surface area contributed by atoms with E-state index < -0.39 is 0 Å². The molecule has 0 spiro atoms. The molecule has 0 aliphatic carbocycles. The van der Waals surface area contributed by atoms with Gasteiger partial charge in [0.1, 0.15) is 11.3 Å². The van der Waals surface area contributed by atoms with Crippen LogP contribution in [-0.4, -0.2) is 20.3 Å². The zero-order valence-corrected chi connectivity index (χ0v) is 13.5. The Labute approximate surface area is 145 Å². The van der Waals surface area contributed by atoms with Crippen LogP contribution in [0.5, 0.6) is 0 Å². The molecule has 4 heteroatoms. The lowest BCUT2D eigenvalue weighted by molar-refractivity contribution is 0.103. The van der Waals surface area contributed by atoms with Crippen LogP contribution in [0.3, 0.4) is 0 Å². The van der Waals surface area contributed by atoms with E-state index in [9.17, 15) is 9.90 Å². The summed E-state index contributed by atoms with van der Waals surface area (Å²) in [6, 6.07) is 22.6. The van der Waals surface area contributed by atoms with Crippen molar-refractivity contribution in [3.63, 3.8) is 0 Å². The summed E-state index contributed by atoms with van der Waals surface area (Å²) in [7, 11) is 0. The third kappa shape index (κ3) is 2.84. The largest absolute Gasteiger partial charge is 0.392 e. The predicted molar refractivity (Wildman–Crippen MR) is 96.4 cm³/mol. The lowest BCUT2D eigenvalue weighted by atomic mass is 10.1. The third-order valence-electron chi connectivity index (χ3n) is 4.17. The Balaban J connectivity index is 1.83. The van der Waals surface area contributed by atoms with Gasteiger partial charge in [0.25, 0.3) is 0 Å². The van der Waals surface area contributed by atoms with Crippen molar-refractivity contribution in [2.75, 3.05) is 0 Å². The number of aromatic nitrogens is 2.